The van der Waals surface area contributed by atoms with E-state index in [-0.39, 0.29) is 11.5 Å². The van der Waals surface area contributed by atoms with Crippen LogP contribution in [0.15, 0.2) is 22.7 Å². The van der Waals surface area contributed by atoms with Gasteiger partial charge in [-0.25, -0.2) is 0 Å². The summed E-state index contributed by atoms with van der Waals surface area (Å²) >= 11 is 3.47. The fourth-order valence-corrected chi connectivity index (χ4v) is 3.27. The molecular formula is C14H19BrO2. The van der Waals surface area contributed by atoms with Gasteiger partial charge in [-0.2, -0.15) is 0 Å². The van der Waals surface area contributed by atoms with E-state index in [2.05, 4.69) is 22.9 Å². The Hall–Kier alpha value is -0.540. The van der Waals surface area contributed by atoms with Crippen molar-refractivity contribution in [2.75, 3.05) is 7.11 Å². The van der Waals surface area contributed by atoms with Gasteiger partial charge < -0.3 is 9.84 Å². The first-order valence-electron chi connectivity index (χ1n) is 6.08. The van der Waals surface area contributed by atoms with E-state index >= 15 is 0 Å². The Labute approximate surface area is 111 Å². The molecule has 0 radical (unpaired) electrons. The summed E-state index contributed by atoms with van der Waals surface area (Å²) in [7, 11) is 1.65. The van der Waals surface area contributed by atoms with E-state index in [4.69, 9.17) is 4.74 Å². The van der Waals surface area contributed by atoms with Gasteiger partial charge in [0.05, 0.1) is 17.7 Å². The highest BCUT2D eigenvalue weighted by Gasteiger charge is 2.36. The molecule has 1 N–H and O–H groups in total. The Kier molecular flexibility index (Phi) is 3.79. The highest BCUT2D eigenvalue weighted by Crippen LogP contribution is 2.47. The van der Waals surface area contributed by atoms with Crippen LogP contribution in [-0.4, -0.2) is 12.2 Å². The Morgan fingerprint density at radius 1 is 1.35 bits per heavy atom. The second-order valence-corrected chi connectivity index (χ2v) is 6.01. The number of aliphatic hydroxyl groups excluding tert-OH is 1. The number of hydrogen-bond acceptors (Lipinski definition) is 2. The Morgan fingerprint density at radius 3 is 2.53 bits per heavy atom. The molecule has 1 atom stereocenters. The van der Waals surface area contributed by atoms with Crippen LogP contribution in [0.25, 0.3) is 0 Å². The monoisotopic (exact) mass is 298 g/mol. The molecule has 1 aromatic carbocycles. The molecule has 17 heavy (non-hydrogen) atoms. The molecular weight excluding hydrogens is 280 g/mol. The van der Waals surface area contributed by atoms with E-state index < -0.39 is 0 Å². The van der Waals surface area contributed by atoms with Crippen molar-refractivity contribution in [2.45, 2.75) is 38.7 Å². The molecule has 0 spiro atoms. The first kappa shape index (κ1) is 12.9. The molecule has 1 fully saturated rings. The smallest absolute Gasteiger partial charge is 0.133 e. The molecule has 1 unspecified atom stereocenters. The van der Waals surface area contributed by atoms with Crippen molar-refractivity contribution in [3.8, 4) is 5.75 Å². The lowest BCUT2D eigenvalue weighted by Crippen LogP contribution is -2.21. The van der Waals surface area contributed by atoms with Crippen LogP contribution >= 0.6 is 15.9 Å². The summed E-state index contributed by atoms with van der Waals surface area (Å²) < 4.78 is 6.10. The SMILES string of the molecule is COc1ccc(C(O)C2(C)CCCC2)cc1Br. The van der Waals surface area contributed by atoms with Gasteiger partial charge in [0.15, 0.2) is 0 Å². The van der Waals surface area contributed by atoms with Crippen LogP contribution in [0.5, 0.6) is 5.75 Å². The van der Waals surface area contributed by atoms with Gasteiger partial charge >= 0.3 is 0 Å². The number of rotatable bonds is 3. The van der Waals surface area contributed by atoms with Gasteiger partial charge in [0.25, 0.3) is 0 Å². The van der Waals surface area contributed by atoms with E-state index in [9.17, 15) is 5.11 Å². The van der Waals surface area contributed by atoms with E-state index in [1.165, 1.54) is 12.8 Å². The van der Waals surface area contributed by atoms with Crippen molar-refractivity contribution in [2.24, 2.45) is 5.41 Å². The van der Waals surface area contributed by atoms with Gasteiger partial charge in [0.2, 0.25) is 0 Å². The van der Waals surface area contributed by atoms with Crippen LogP contribution in [0.2, 0.25) is 0 Å². The van der Waals surface area contributed by atoms with E-state index in [1.807, 2.05) is 18.2 Å². The van der Waals surface area contributed by atoms with Gasteiger partial charge in [-0.05, 0) is 51.9 Å². The van der Waals surface area contributed by atoms with Crippen LogP contribution in [0.4, 0.5) is 0 Å². The number of methoxy groups -OCH3 is 1. The van der Waals surface area contributed by atoms with E-state index in [0.717, 1.165) is 28.6 Å². The third-order valence-corrected chi connectivity index (χ3v) is 4.52. The molecule has 0 aliphatic heterocycles. The maximum absolute atomic E-state index is 10.5. The summed E-state index contributed by atoms with van der Waals surface area (Å²) in [6, 6.07) is 5.83. The minimum atomic E-state index is -0.382. The highest BCUT2D eigenvalue weighted by molar-refractivity contribution is 9.10. The Balaban J connectivity index is 2.25. The predicted molar refractivity (Wildman–Crippen MR) is 72.2 cm³/mol. The van der Waals surface area contributed by atoms with Crippen molar-refractivity contribution >= 4 is 15.9 Å². The molecule has 0 bridgehead atoms. The minimum Gasteiger partial charge on any atom is -0.496 e. The van der Waals surface area contributed by atoms with Crippen molar-refractivity contribution in [3.63, 3.8) is 0 Å². The normalized spacial score (nSPS) is 20.2. The first-order valence-corrected chi connectivity index (χ1v) is 6.88. The van der Waals surface area contributed by atoms with Crippen molar-refractivity contribution in [3.05, 3.63) is 28.2 Å². The Morgan fingerprint density at radius 2 is 2.00 bits per heavy atom. The van der Waals surface area contributed by atoms with Crippen LogP contribution < -0.4 is 4.74 Å². The molecule has 1 aliphatic rings. The summed E-state index contributed by atoms with van der Waals surface area (Å²) in [4.78, 5) is 0. The molecule has 0 heterocycles. The first-order chi connectivity index (χ1) is 8.07. The highest BCUT2D eigenvalue weighted by atomic mass is 79.9. The fraction of sp³-hybridized carbons (Fsp3) is 0.571. The maximum Gasteiger partial charge on any atom is 0.133 e. The molecule has 0 saturated heterocycles. The average Bonchev–Trinajstić information content (AvgIpc) is 2.76. The number of halogens is 1. The lowest BCUT2D eigenvalue weighted by Gasteiger charge is -2.30. The molecule has 3 heteroatoms. The number of ether oxygens (including phenoxy) is 1. The van der Waals surface area contributed by atoms with Crippen LogP contribution in [0, 0.1) is 5.41 Å². The molecule has 1 saturated carbocycles. The number of hydrogen-bond donors (Lipinski definition) is 1. The Bertz CT molecular complexity index is 397. The van der Waals surface area contributed by atoms with E-state index in [0.29, 0.717) is 0 Å². The molecule has 2 rings (SSSR count). The quantitative estimate of drug-likeness (QED) is 0.911. The van der Waals surface area contributed by atoms with Gasteiger partial charge in [0.1, 0.15) is 5.75 Å². The fourth-order valence-electron chi connectivity index (χ4n) is 2.71. The molecule has 0 aromatic heterocycles. The lowest BCUT2D eigenvalue weighted by molar-refractivity contribution is 0.0407. The topological polar surface area (TPSA) is 29.5 Å². The third kappa shape index (κ3) is 2.50. The van der Waals surface area contributed by atoms with Gasteiger partial charge in [0, 0.05) is 0 Å². The van der Waals surface area contributed by atoms with Crippen LogP contribution in [0.3, 0.4) is 0 Å². The van der Waals surface area contributed by atoms with Crippen molar-refractivity contribution in [1.29, 1.82) is 0 Å². The number of aliphatic hydroxyl groups is 1. The van der Waals surface area contributed by atoms with Gasteiger partial charge in [-0.1, -0.05) is 25.8 Å². The lowest BCUT2D eigenvalue weighted by atomic mass is 9.79. The molecule has 0 amide bonds. The summed E-state index contributed by atoms with van der Waals surface area (Å²) in [5, 5.41) is 10.5. The predicted octanol–water partition coefficient (Wildman–Crippen LogP) is 4.07. The zero-order chi connectivity index (χ0) is 12.5. The maximum atomic E-state index is 10.5. The van der Waals surface area contributed by atoms with Crippen LogP contribution in [0.1, 0.15) is 44.3 Å². The van der Waals surface area contributed by atoms with Crippen LogP contribution in [-0.2, 0) is 0 Å². The summed E-state index contributed by atoms with van der Waals surface area (Å²) in [6.45, 7) is 2.18. The standard InChI is InChI=1S/C14H19BrO2/c1-14(7-3-4-8-14)13(16)10-5-6-12(17-2)11(15)9-10/h5-6,9,13,16H,3-4,7-8H2,1-2H3. The average molecular weight is 299 g/mol. The van der Waals surface area contributed by atoms with Gasteiger partial charge in [-0.15, -0.1) is 0 Å². The van der Waals surface area contributed by atoms with E-state index in [1.54, 1.807) is 7.11 Å². The third-order valence-electron chi connectivity index (χ3n) is 3.90. The number of benzene rings is 1. The largest absolute Gasteiger partial charge is 0.496 e. The minimum absolute atomic E-state index is 0.0357. The summed E-state index contributed by atoms with van der Waals surface area (Å²) in [5.74, 6) is 0.803. The summed E-state index contributed by atoms with van der Waals surface area (Å²) in [5.41, 5.74) is 1.01. The van der Waals surface area contributed by atoms with Gasteiger partial charge in [-0.3, -0.25) is 0 Å². The zero-order valence-corrected chi connectivity index (χ0v) is 12.0. The second kappa shape index (κ2) is 4.99. The second-order valence-electron chi connectivity index (χ2n) is 5.16. The molecule has 2 nitrogen and oxygen atoms in total. The zero-order valence-electron chi connectivity index (χ0n) is 10.4. The summed E-state index contributed by atoms with van der Waals surface area (Å²) in [6.07, 6.45) is 4.29. The molecule has 1 aliphatic carbocycles. The molecule has 94 valence electrons. The van der Waals surface area contributed by atoms with Crippen molar-refractivity contribution in [1.82, 2.24) is 0 Å². The molecule has 1 aromatic rings. The van der Waals surface area contributed by atoms with Crippen molar-refractivity contribution < 1.29 is 9.84 Å².